The van der Waals surface area contributed by atoms with Gasteiger partial charge in [0.1, 0.15) is 5.69 Å². The van der Waals surface area contributed by atoms with Gasteiger partial charge in [0, 0.05) is 23.1 Å². The highest BCUT2D eigenvalue weighted by Gasteiger charge is 2.19. The van der Waals surface area contributed by atoms with Crippen LogP contribution in [0.5, 0.6) is 0 Å². The first-order valence-corrected chi connectivity index (χ1v) is 11.5. The number of nitrogens with two attached hydrogens (primary N) is 1. The minimum Gasteiger partial charge on any atom is -0.398 e. The maximum absolute atomic E-state index is 13.9. The van der Waals surface area contributed by atoms with Crippen molar-refractivity contribution in [3.8, 4) is 16.9 Å². The summed E-state index contributed by atoms with van der Waals surface area (Å²) in [5, 5.41) is 14.4. The lowest BCUT2D eigenvalue weighted by molar-refractivity contribution is 0.678. The van der Waals surface area contributed by atoms with Crippen LogP contribution in [0.3, 0.4) is 0 Å². The maximum Gasteiger partial charge on any atom is 0.263 e. The predicted octanol–water partition coefficient (Wildman–Crippen LogP) is 4.98. The van der Waals surface area contributed by atoms with Gasteiger partial charge in [-0.15, -0.1) is 0 Å². The highest BCUT2D eigenvalue weighted by molar-refractivity contribution is 6.01. The van der Waals surface area contributed by atoms with E-state index < -0.39 is 0 Å². The Balaban J connectivity index is 1.64. The summed E-state index contributed by atoms with van der Waals surface area (Å²) in [6.45, 7) is 4.40. The zero-order valence-electron chi connectivity index (χ0n) is 19.5. The molecule has 0 saturated carbocycles. The molecule has 0 aliphatic carbocycles. The first-order chi connectivity index (χ1) is 17.0. The summed E-state index contributed by atoms with van der Waals surface area (Å²) in [5.41, 5.74) is 13.2. The van der Waals surface area contributed by atoms with E-state index in [-0.39, 0.29) is 5.56 Å². The van der Waals surface area contributed by atoms with Gasteiger partial charge in [-0.2, -0.15) is 10.2 Å². The Hall–Kier alpha value is -4.65. The monoisotopic (exact) mass is 460 g/mol. The van der Waals surface area contributed by atoms with Gasteiger partial charge < -0.3 is 5.73 Å². The van der Waals surface area contributed by atoms with Crippen molar-refractivity contribution in [2.75, 3.05) is 5.73 Å². The second-order valence-electron chi connectivity index (χ2n) is 8.84. The lowest BCUT2D eigenvalue weighted by Crippen LogP contribution is -2.25. The van der Waals surface area contributed by atoms with Crippen LogP contribution in [0.4, 0.5) is 5.69 Å². The molecule has 7 heteroatoms. The smallest absolute Gasteiger partial charge is 0.263 e. The van der Waals surface area contributed by atoms with Crippen LogP contribution in [0.2, 0.25) is 0 Å². The molecule has 3 aromatic heterocycles. The number of H-pyrrole nitrogens is 1. The molecule has 0 aliphatic rings. The third kappa shape index (κ3) is 3.32. The number of pyridine rings is 1. The first kappa shape index (κ1) is 20.9. The molecule has 0 saturated heterocycles. The summed E-state index contributed by atoms with van der Waals surface area (Å²) in [5.74, 6) is 0. The quantitative estimate of drug-likeness (QED) is 0.363. The second-order valence-corrected chi connectivity index (χ2v) is 8.84. The van der Waals surface area contributed by atoms with Crippen molar-refractivity contribution in [2.24, 2.45) is 0 Å². The number of nitrogens with one attached hydrogen (secondary N) is 1. The van der Waals surface area contributed by atoms with Crippen molar-refractivity contribution in [3.05, 3.63) is 106 Å². The fraction of sp³-hybridized carbons (Fsp3) is 0.107. The van der Waals surface area contributed by atoms with Crippen molar-refractivity contribution in [1.29, 1.82) is 0 Å². The number of aromatic nitrogens is 5. The molecule has 0 atom stereocenters. The predicted molar refractivity (Wildman–Crippen MR) is 140 cm³/mol. The van der Waals surface area contributed by atoms with E-state index in [1.807, 2.05) is 83.8 Å². The number of nitrogens with zero attached hydrogens (tertiary/aromatic N) is 4. The van der Waals surface area contributed by atoms with Crippen LogP contribution in [0, 0.1) is 13.8 Å². The van der Waals surface area contributed by atoms with Crippen molar-refractivity contribution in [2.45, 2.75) is 20.4 Å². The van der Waals surface area contributed by atoms with Crippen LogP contribution in [0.15, 0.2) is 83.9 Å². The average molecular weight is 461 g/mol. The minimum atomic E-state index is -0.0315. The zero-order chi connectivity index (χ0) is 24.1. The highest BCUT2D eigenvalue weighted by Crippen LogP contribution is 2.32. The van der Waals surface area contributed by atoms with Crippen LogP contribution in [-0.4, -0.2) is 24.5 Å². The molecule has 0 fully saturated rings. The summed E-state index contributed by atoms with van der Waals surface area (Å²) >= 11 is 0. The Morgan fingerprint density at radius 3 is 2.54 bits per heavy atom. The molecule has 6 aromatic rings. The third-order valence-electron chi connectivity index (χ3n) is 6.58. The number of anilines is 1. The largest absolute Gasteiger partial charge is 0.398 e. The second kappa shape index (κ2) is 7.99. The number of aromatic amines is 1. The fourth-order valence-corrected chi connectivity index (χ4v) is 4.90. The van der Waals surface area contributed by atoms with E-state index in [4.69, 9.17) is 10.8 Å². The highest BCUT2D eigenvalue weighted by atomic mass is 16.1. The van der Waals surface area contributed by atoms with Gasteiger partial charge in [-0.3, -0.25) is 19.1 Å². The Bertz CT molecular complexity index is 1780. The number of fused-ring (bicyclic) bond motifs is 2. The van der Waals surface area contributed by atoms with E-state index in [1.165, 1.54) is 0 Å². The lowest BCUT2D eigenvalue weighted by atomic mass is 10.1. The van der Waals surface area contributed by atoms with E-state index in [0.29, 0.717) is 12.2 Å². The number of benzene rings is 3. The molecule has 7 nitrogen and oxygen atoms in total. The molecule has 35 heavy (non-hydrogen) atoms. The molecule has 0 spiro atoms. The Morgan fingerprint density at radius 2 is 1.74 bits per heavy atom. The molecule has 0 amide bonds. The average Bonchev–Trinajstić information content (AvgIpc) is 3.49. The Labute approximate surface area is 201 Å². The van der Waals surface area contributed by atoms with Crippen molar-refractivity contribution in [3.63, 3.8) is 0 Å². The van der Waals surface area contributed by atoms with Crippen molar-refractivity contribution >= 4 is 27.4 Å². The molecule has 0 radical (unpaired) electrons. The summed E-state index contributed by atoms with van der Waals surface area (Å²) in [7, 11) is 0. The Kier molecular flexibility index (Phi) is 4.77. The fourth-order valence-electron chi connectivity index (χ4n) is 4.90. The SMILES string of the molecule is Cc1ccccc1-n1c(Cn2nc(-c3cn[nH]c3)c3c(N)cccc32)cc2cccc(C)c2c1=O. The normalized spacial score (nSPS) is 11.5. The number of hydrogen-bond donors (Lipinski definition) is 2. The molecule has 6 rings (SSSR count). The standard InChI is InChI=1S/C28H24N6O/c1-17-7-3-4-11-23(17)34-21(13-19-9-5-8-18(2)25(19)28(34)35)16-33-24-12-6-10-22(29)26(24)27(32-33)20-14-30-31-15-20/h3-15H,16,29H2,1-2H3,(H,30,31). The number of para-hydroxylation sites is 1. The van der Waals surface area contributed by atoms with Crippen molar-refractivity contribution < 1.29 is 0 Å². The van der Waals surface area contributed by atoms with Crippen molar-refractivity contribution in [1.82, 2.24) is 24.5 Å². The van der Waals surface area contributed by atoms with Crippen LogP contribution in [-0.2, 0) is 6.54 Å². The van der Waals surface area contributed by atoms with Gasteiger partial charge >= 0.3 is 0 Å². The van der Waals surface area contributed by atoms with Gasteiger partial charge in [0.15, 0.2) is 0 Å². The third-order valence-corrected chi connectivity index (χ3v) is 6.58. The van der Waals surface area contributed by atoms with Gasteiger partial charge in [0.2, 0.25) is 0 Å². The maximum atomic E-state index is 13.9. The van der Waals surface area contributed by atoms with E-state index in [9.17, 15) is 4.79 Å². The number of aryl methyl sites for hydroxylation is 2. The summed E-state index contributed by atoms with van der Waals surface area (Å²) in [4.78, 5) is 13.9. The molecule has 172 valence electrons. The molecule has 3 heterocycles. The molecule has 3 aromatic carbocycles. The van der Waals surface area contributed by atoms with Crippen LogP contribution in [0.1, 0.15) is 16.8 Å². The van der Waals surface area contributed by atoms with Gasteiger partial charge in [-0.1, -0.05) is 42.5 Å². The number of hydrogen-bond acceptors (Lipinski definition) is 4. The molecule has 0 unspecified atom stereocenters. The Morgan fingerprint density at radius 1 is 0.943 bits per heavy atom. The molecular weight excluding hydrogens is 436 g/mol. The van der Waals surface area contributed by atoms with E-state index in [2.05, 4.69) is 16.3 Å². The van der Waals surface area contributed by atoms with Gasteiger partial charge in [-0.05, 0) is 54.6 Å². The zero-order valence-corrected chi connectivity index (χ0v) is 19.5. The van der Waals surface area contributed by atoms with E-state index >= 15 is 0 Å². The summed E-state index contributed by atoms with van der Waals surface area (Å²) in [6.07, 6.45) is 3.54. The van der Waals surface area contributed by atoms with E-state index in [0.717, 1.165) is 55.4 Å². The molecule has 0 aliphatic heterocycles. The topological polar surface area (TPSA) is 94.5 Å². The molecular formula is C28H24N6O. The van der Waals surface area contributed by atoms with Crippen LogP contribution < -0.4 is 11.3 Å². The van der Waals surface area contributed by atoms with Crippen LogP contribution >= 0.6 is 0 Å². The number of rotatable bonds is 4. The summed E-state index contributed by atoms with van der Waals surface area (Å²) in [6, 6.07) is 21.8. The van der Waals surface area contributed by atoms with E-state index in [1.54, 1.807) is 12.4 Å². The van der Waals surface area contributed by atoms with Gasteiger partial charge in [0.25, 0.3) is 5.56 Å². The number of nitrogen functional groups attached to an aromatic ring is 1. The van der Waals surface area contributed by atoms with Gasteiger partial charge in [-0.25, -0.2) is 0 Å². The van der Waals surface area contributed by atoms with Crippen LogP contribution in [0.25, 0.3) is 38.6 Å². The summed E-state index contributed by atoms with van der Waals surface area (Å²) < 4.78 is 3.74. The van der Waals surface area contributed by atoms with Gasteiger partial charge in [0.05, 0.1) is 34.7 Å². The minimum absolute atomic E-state index is 0.0315. The molecule has 3 N–H and O–H groups in total. The first-order valence-electron chi connectivity index (χ1n) is 11.5. The lowest BCUT2D eigenvalue weighted by Gasteiger charge is -2.18. The molecule has 0 bridgehead atoms.